The van der Waals surface area contributed by atoms with Gasteiger partial charge in [0.15, 0.2) is 0 Å². The number of unbranched alkanes of at least 4 members (excludes halogenated alkanes) is 3. The fraction of sp³-hybridized carbons (Fsp3) is 0.750. The minimum absolute atomic E-state index is 0.576. The maximum Gasteiger partial charge on any atom is 0.130 e. The Morgan fingerprint density at radius 2 is 1.14 bits per heavy atom. The van der Waals surface area contributed by atoms with E-state index in [4.69, 9.17) is 24.4 Å². The Morgan fingerprint density at radius 3 is 1.43 bits per heavy atom. The molecule has 0 unspecified atom stereocenters. The van der Waals surface area contributed by atoms with Gasteiger partial charge in [-0.2, -0.15) is 0 Å². The predicted octanol–water partition coefficient (Wildman–Crippen LogP) is 2.16. The Kier molecular flexibility index (Phi) is 10.4. The molecule has 0 atom stereocenters. The van der Waals surface area contributed by atoms with Crippen LogP contribution in [0.3, 0.4) is 0 Å². The fourth-order valence-electron chi connectivity index (χ4n) is 0.994. The van der Waals surface area contributed by atoms with Gasteiger partial charge >= 0.3 is 0 Å². The van der Waals surface area contributed by atoms with Crippen LogP contribution in [0.4, 0.5) is 0 Å². The van der Waals surface area contributed by atoms with Gasteiger partial charge < -0.3 is 10.6 Å². The molecule has 0 saturated carbocycles. The molecule has 6 heteroatoms. The number of hydrogen-bond donors (Lipinski definition) is 4. The molecule has 0 aromatic carbocycles. The Balaban J connectivity index is 2.99. The van der Waals surface area contributed by atoms with Crippen LogP contribution >= 0.6 is 49.7 Å². The van der Waals surface area contributed by atoms with E-state index in [1.807, 2.05) is 0 Å². The first-order chi connectivity index (χ1) is 6.63. The van der Waals surface area contributed by atoms with Crippen molar-refractivity contribution in [3.63, 3.8) is 0 Å². The van der Waals surface area contributed by atoms with E-state index in [0.29, 0.717) is 8.64 Å². The van der Waals surface area contributed by atoms with Gasteiger partial charge in [-0.1, -0.05) is 37.3 Å². The maximum absolute atomic E-state index is 4.76. The summed E-state index contributed by atoms with van der Waals surface area (Å²) < 4.78 is 1.15. The number of thiocarbonyl (C=S) groups is 2. The molecule has 0 aliphatic carbocycles. The lowest BCUT2D eigenvalue weighted by atomic mass is 10.2. The number of rotatable bonds is 7. The van der Waals surface area contributed by atoms with Gasteiger partial charge in [-0.25, -0.2) is 0 Å². The Morgan fingerprint density at radius 1 is 0.786 bits per heavy atom. The molecule has 2 nitrogen and oxygen atoms in total. The van der Waals surface area contributed by atoms with E-state index in [9.17, 15) is 0 Å². The first-order valence-electron chi connectivity index (χ1n) is 4.56. The number of thiol groups is 2. The molecule has 2 N–H and O–H groups in total. The summed E-state index contributed by atoms with van der Waals surface area (Å²) in [6.45, 7) is 1.83. The largest absolute Gasteiger partial charge is 0.371 e. The first-order valence-corrected chi connectivity index (χ1v) is 6.27. The van der Waals surface area contributed by atoms with Crippen molar-refractivity contribution in [3.05, 3.63) is 0 Å². The van der Waals surface area contributed by atoms with Crippen LogP contribution in [0, 0.1) is 0 Å². The van der Waals surface area contributed by atoms with E-state index in [1.165, 1.54) is 12.8 Å². The first kappa shape index (κ1) is 14.5. The summed E-state index contributed by atoms with van der Waals surface area (Å²) in [6, 6.07) is 0. The SMILES string of the molecule is S=C(S)NCCCCCCNC(=S)S. The summed E-state index contributed by atoms with van der Waals surface area (Å²) >= 11 is 17.5. The lowest BCUT2D eigenvalue weighted by Crippen LogP contribution is -2.18. The molecule has 0 aromatic rings. The minimum Gasteiger partial charge on any atom is -0.371 e. The van der Waals surface area contributed by atoms with Crippen LogP contribution in [0.25, 0.3) is 0 Å². The van der Waals surface area contributed by atoms with Crippen molar-refractivity contribution in [3.8, 4) is 0 Å². The van der Waals surface area contributed by atoms with Gasteiger partial charge in [-0.05, 0) is 12.8 Å². The van der Waals surface area contributed by atoms with Crippen molar-refractivity contribution in [2.24, 2.45) is 0 Å². The van der Waals surface area contributed by atoms with Gasteiger partial charge in [0.05, 0.1) is 0 Å². The van der Waals surface area contributed by atoms with Crippen LogP contribution in [-0.4, -0.2) is 21.7 Å². The molecular weight excluding hydrogens is 252 g/mol. The van der Waals surface area contributed by atoms with Crippen LogP contribution in [0.15, 0.2) is 0 Å². The van der Waals surface area contributed by atoms with Gasteiger partial charge in [-0.15, -0.1) is 25.3 Å². The van der Waals surface area contributed by atoms with Gasteiger partial charge in [0.1, 0.15) is 8.64 Å². The van der Waals surface area contributed by atoms with E-state index in [0.717, 1.165) is 25.9 Å². The quantitative estimate of drug-likeness (QED) is 0.323. The normalized spacial score (nSPS) is 9.57. The molecule has 0 rings (SSSR count). The molecule has 0 aliphatic rings. The zero-order chi connectivity index (χ0) is 10.8. The smallest absolute Gasteiger partial charge is 0.130 e. The monoisotopic (exact) mass is 268 g/mol. The van der Waals surface area contributed by atoms with E-state index < -0.39 is 0 Å². The predicted molar refractivity (Wildman–Crippen MR) is 77.6 cm³/mol. The Bertz CT molecular complexity index is 164. The zero-order valence-corrected chi connectivity index (χ0v) is 11.4. The van der Waals surface area contributed by atoms with Crippen LogP contribution in [0.1, 0.15) is 25.7 Å². The molecule has 0 spiro atoms. The topological polar surface area (TPSA) is 24.1 Å². The molecule has 0 bridgehead atoms. The summed E-state index contributed by atoms with van der Waals surface area (Å²) in [4.78, 5) is 0. The summed E-state index contributed by atoms with van der Waals surface area (Å²) in [7, 11) is 0. The third-order valence-corrected chi connectivity index (χ3v) is 2.26. The van der Waals surface area contributed by atoms with Crippen molar-refractivity contribution < 1.29 is 0 Å². The summed E-state index contributed by atoms with van der Waals surface area (Å²) in [5, 5.41) is 6.00. The second-order valence-corrected chi connectivity index (χ2v) is 5.19. The summed E-state index contributed by atoms with van der Waals surface area (Å²) in [5.74, 6) is 0. The second-order valence-electron chi connectivity index (χ2n) is 2.88. The highest BCUT2D eigenvalue weighted by molar-refractivity contribution is 8.11. The van der Waals surface area contributed by atoms with Crippen molar-refractivity contribution in [2.45, 2.75) is 25.7 Å². The van der Waals surface area contributed by atoms with E-state index >= 15 is 0 Å². The molecule has 82 valence electrons. The van der Waals surface area contributed by atoms with E-state index in [-0.39, 0.29) is 0 Å². The molecule has 0 heterocycles. The van der Waals surface area contributed by atoms with Gasteiger partial charge in [0, 0.05) is 13.1 Å². The zero-order valence-electron chi connectivity index (χ0n) is 7.95. The standard InChI is InChI=1S/C8H16N2S4/c11-7(12)9-5-3-1-2-4-6-10-8(13)14/h1-6H2,(H2,9,11,12)(H2,10,13,14). The van der Waals surface area contributed by atoms with Crippen molar-refractivity contribution in [2.75, 3.05) is 13.1 Å². The van der Waals surface area contributed by atoms with Crippen LogP contribution in [0.2, 0.25) is 0 Å². The van der Waals surface area contributed by atoms with Gasteiger partial charge in [0.2, 0.25) is 0 Å². The minimum atomic E-state index is 0.576. The van der Waals surface area contributed by atoms with Gasteiger partial charge in [0.25, 0.3) is 0 Å². The average Bonchev–Trinajstić information content (AvgIpc) is 2.08. The molecule has 0 amide bonds. The highest BCUT2D eigenvalue weighted by atomic mass is 32.1. The van der Waals surface area contributed by atoms with Gasteiger partial charge in [-0.3, -0.25) is 0 Å². The van der Waals surface area contributed by atoms with Crippen molar-refractivity contribution in [1.82, 2.24) is 10.6 Å². The third kappa shape index (κ3) is 12.5. The molecule has 0 aromatic heterocycles. The van der Waals surface area contributed by atoms with Crippen LogP contribution in [-0.2, 0) is 0 Å². The van der Waals surface area contributed by atoms with Crippen LogP contribution in [0.5, 0.6) is 0 Å². The molecule has 0 radical (unpaired) electrons. The second kappa shape index (κ2) is 10.0. The molecule has 0 saturated heterocycles. The molecule has 14 heavy (non-hydrogen) atoms. The van der Waals surface area contributed by atoms with Crippen molar-refractivity contribution in [1.29, 1.82) is 0 Å². The fourth-order valence-corrected chi connectivity index (χ4v) is 1.42. The summed E-state index contributed by atoms with van der Waals surface area (Å²) in [6.07, 6.45) is 4.66. The average molecular weight is 268 g/mol. The van der Waals surface area contributed by atoms with E-state index in [2.05, 4.69) is 35.9 Å². The molecule has 0 fully saturated rings. The lowest BCUT2D eigenvalue weighted by Gasteiger charge is -2.04. The highest BCUT2D eigenvalue weighted by Gasteiger charge is 1.91. The highest BCUT2D eigenvalue weighted by Crippen LogP contribution is 1.98. The van der Waals surface area contributed by atoms with Crippen molar-refractivity contribution >= 4 is 58.3 Å². The third-order valence-electron chi connectivity index (χ3n) is 1.66. The molecular formula is C8H16N2S4. The Labute approximate surface area is 107 Å². The Hall–Kier alpha value is 0.480. The number of hydrogen-bond acceptors (Lipinski definition) is 2. The molecule has 0 aliphatic heterocycles. The van der Waals surface area contributed by atoms with Crippen LogP contribution < -0.4 is 10.6 Å². The number of nitrogens with one attached hydrogen (secondary N) is 2. The maximum atomic E-state index is 4.76. The summed E-state index contributed by atoms with van der Waals surface area (Å²) in [5.41, 5.74) is 0. The lowest BCUT2D eigenvalue weighted by molar-refractivity contribution is 0.628. The van der Waals surface area contributed by atoms with E-state index in [1.54, 1.807) is 0 Å².